The minimum atomic E-state index is -0.262. The number of nitrogens with two attached hydrogens (primary N) is 1. The molecule has 0 amide bonds. The fourth-order valence-corrected chi connectivity index (χ4v) is 1.85. The van der Waals surface area contributed by atoms with Crippen LogP contribution in [0.4, 0.5) is 0 Å². The van der Waals surface area contributed by atoms with Crippen LogP contribution < -0.4 is 5.73 Å². The van der Waals surface area contributed by atoms with Crippen LogP contribution in [-0.2, 0) is 13.0 Å². The maximum atomic E-state index is 8.95. The zero-order chi connectivity index (χ0) is 9.26. The van der Waals surface area contributed by atoms with Crippen molar-refractivity contribution in [2.45, 2.75) is 31.8 Å². The number of hydrogen-bond donors (Lipinski definition) is 2. The topological polar surface area (TPSA) is 64.1 Å². The minimum Gasteiger partial charge on any atom is -0.394 e. The van der Waals surface area contributed by atoms with E-state index in [1.54, 1.807) is 6.20 Å². The van der Waals surface area contributed by atoms with Crippen molar-refractivity contribution >= 4 is 0 Å². The van der Waals surface area contributed by atoms with Gasteiger partial charge in [0.15, 0.2) is 0 Å². The summed E-state index contributed by atoms with van der Waals surface area (Å²) in [6.45, 7) is 0.992. The molecule has 3 N–H and O–H groups in total. The first kappa shape index (κ1) is 8.72. The Morgan fingerprint density at radius 3 is 3.23 bits per heavy atom. The first-order valence-corrected chi connectivity index (χ1v) is 4.74. The Hall–Kier alpha value is -0.870. The van der Waals surface area contributed by atoms with Crippen LogP contribution in [0.1, 0.15) is 30.1 Å². The van der Waals surface area contributed by atoms with Crippen molar-refractivity contribution < 1.29 is 5.11 Å². The lowest BCUT2D eigenvalue weighted by Crippen LogP contribution is -2.18. The van der Waals surface area contributed by atoms with E-state index in [2.05, 4.69) is 5.10 Å². The molecule has 0 spiro atoms. The summed E-state index contributed by atoms with van der Waals surface area (Å²) in [5.74, 6) is 0. The summed E-state index contributed by atoms with van der Waals surface area (Å²) in [6.07, 6.45) is 5.24. The average molecular weight is 181 g/mol. The third kappa shape index (κ3) is 1.47. The van der Waals surface area contributed by atoms with E-state index >= 15 is 0 Å². The van der Waals surface area contributed by atoms with Crippen LogP contribution in [0.5, 0.6) is 0 Å². The molecule has 0 radical (unpaired) electrons. The lowest BCUT2D eigenvalue weighted by atomic mass is 10.0. The Labute approximate surface area is 77.4 Å². The first-order valence-electron chi connectivity index (χ1n) is 4.74. The number of rotatable bonds is 2. The standard InChI is InChI=1S/C9H15N3O/c10-8(6-13)7-5-11-12-4-2-1-3-9(7)12/h5,8,13H,1-4,6,10H2. The predicted molar refractivity (Wildman–Crippen MR) is 49.2 cm³/mol. The van der Waals surface area contributed by atoms with Gasteiger partial charge in [-0.05, 0) is 19.3 Å². The normalized spacial score (nSPS) is 18.3. The van der Waals surface area contributed by atoms with Crippen molar-refractivity contribution in [3.05, 3.63) is 17.5 Å². The summed E-state index contributed by atoms with van der Waals surface area (Å²) in [5.41, 5.74) is 7.99. The van der Waals surface area contributed by atoms with Crippen molar-refractivity contribution in [1.82, 2.24) is 9.78 Å². The molecule has 13 heavy (non-hydrogen) atoms. The van der Waals surface area contributed by atoms with Gasteiger partial charge in [0.25, 0.3) is 0 Å². The second-order valence-corrected chi connectivity index (χ2v) is 3.52. The Bertz CT molecular complexity index is 295. The second-order valence-electron chi connectivity index (χ2n) is 3.52. The van der Waals surface area contributed by atoms with Gasteiger partial charge < -0.3 is 10.8 Å². The number of nitrogens with zero attached hydrogens (tertiary/aromatic N) is 2. The zero-order valence-electron chi connectivity index (χ0n) is 7.61. The van der Waals surface area contributed by atoms with E-state index in [0.29, 0.717) is 0 Å². The van der Waals surface area contributed by atoms with Gasteiger partial charge in [0.1, 0.15) is 0 Å². The van der Waals surface area contributed by atoms with Crippen LogP contribution in [0.2, 0.25) is 0 Å². The van der Waals surface area contributed by atoms with Gasteiger partial charge in [0.05, 0.1) is 18.8 Å². The van der Waals surface area contributed by atoms with E-state index in [-0.39, 0.29) is 12.6 Å². The number of aromatic nitrogens is 2. The molecule has 1 aromatic rings. The highest BCUT2D eigenvalue weighted by Gasteiger charge is 2.18. The molecular weight excluding hydrogens is 166 g/mol. The number of hydrogen-bond acceptors (Lipinski definition) is 3. The molecule has 0 saturated heterocycles. The molecule has 1 unspecified atom stereocenters. The number of aliphatic hydroxyl groups is 1. The fourth-order valence-electron chi connectivity index (χ4n) is 1.85. The van der Waals surface area contributed by atoms with E-state index < -0.39 is 0 Å². The molecule has 4 nitrogen and oxygen atoms in total. The summed E-state index contributed by atoms with van der Waals surface area (Å²) >= 11 is 0. The smallest absolute Gasteiger partial charge is 0.0625 e. The third-order valence-electron chi connectivity index (χ3n) is 2.61. The molecule has 4 heteroatoms. The lowest BCUT2D eigenvalue weighted by Gasteiger charge is -2.16. The molecule has 72 valence electrons. The average Bonchev–Trinajstić information content (AvgIpc) is 2.60. The minimum absolute atomic E-state index is 0.00130. The van der Waals surface area contributed by atoms with Crippen LogP contribution in [0.3, 0.4) is 0 Å². The maximum absolute atomic E-state index is 8.95. The number of aliphatic hydroxyl groups excluding tert-OH is 1. The molecule has 0 aromatic carbocycles. The summed E-state index contributed by atoms with van der Waals surface area (Å²) in [7, 11) is 0. The molecule has 0 aliphatic carbocycles. The molecule has 0 saturated carbocycles. The van der Waals surface area contributed by atoms with E-state index in [0.717, 1.165) is 18.5 Å². The summed E-state index contributed by atoms with van der Waals surface area (Å²) in [6, 6.07) is -0.262. The molecule has 0 fully saturated rings. The van der Waals surface area contributed by atoms with Crippen LogP contribution in [0.25, 0.3) is 0 Å². The molecule has 2 heterocycles. The summed E-state index contributed by atoms with van der Waals surface area (Å²) in [5, 5.41) is 13.2. The molecule has 1 atom stereocenters. The lowest BCUT2D eigenvalue weighted by molar-refractivity contribution is 0.267. The highest BCUT2D eigenvalue weighted by molar-refractivity contribution is 5.22. The van der Waals surface area contributed by atoms with Crippen molar-refractivity contribution in [3.8, 4) is 0 Å². The Morgan fingerprint density at radius 1 is 1.62 bits per heavy atom. The Morgan fingerprint density at radius 2 is 2.46 bits per heavy atom. The second kappa shape index (κ2) is 3.47. The SMILES string of the molecule is NC(CO)c1cnn2c1CCCC2. The van der Waals surface area contributed by atoms with Gasteiger partial charge in [0.2, 0.25) is 0 Å². The molecule has 0 bridgehead atoms. The van der Waals surface area contributed by atoms with Crippen LogP contribution in [0, 0.1) is 0 Å². The Balaban J connectivity index is 2.31. The fraction of sp³-hybridized carbons (Fsp3) is 0.667. The zero-order valence-corrected chi connectivity index (χ0v) is 7.61. The molecular formula is C9H15N3O. The van der Waals surface area contributed by atoms with E-state index in [1.807, 2.05) is 4.68 Å². The van der Waals surface area contributed by atoms with E-state index in [4.69, 9.17) is 10.8 Å². The first-order chi connectivity index (χ1) is 6.33. The summed E-state index contributed by atoms with van der Waals surface area (Å²) in [4.78, 5) is 0. The van der Waals surface area contributed by atoms with Crippen molar-refractivity contribution in [2.75, 3.05) is 6.61 Å². The molecule has 2 rings (SSSR count). The quantitative estimate of drug-likeness (QED) is 0.685. The molecule has 1 aliphatic heterocycles. The highest BCUT2D eigenvalue weighted by Crippen LogP contribution is 2.21. The van der Waals surface area contributed by atoms with Gasteiger partial charge in [0, 0.05) is 17.8 Å². The number of aryl methyl sites for hydroxylation is 1. The summed E-state index contributed by atoms with van der Waals surface area (Å²) < 4.78 is 2.01. The maximum Gasteiger partial charge on any atom is 0.0625 e. The largest absolute Gasteiger partial charge is 0.394 e. The predicted octanol–water partition coefficient (Wildman–Crippen LogP) is 0.211. The van der Waals surface area contributed by atoms with Crippen LogP contribution >= 0.6 is 0 Å². The van der Waals surface area contributed by atoms with Gasteiger partial charge in [-0.25, -0.2) is 0 Å². The molecule has 1 aliphatic rings. The number of fused-ring (bicyclic) bond motifs is 1. The van der Waals surface area contributed by atoms with Gasteiger partial charge in [-0.15, -0.1) is 0 Å². The highest BCUT2D eigenvalue weighted by atomic mass is 16.3. The van der Waals surface area contributed by atoms with Gasteiger partial charge in [-0.1, -0.05) is 0 Å². The van der Waals surface area contributed by atoms with Crippen LogP contribution in [-0.4, -0.2) is 21.5 Å². The van der Waals surface area contributed by atoms with Crippen molar-refractivity contribution in [3.63, 3.8) is 0 Å². The Kier molecular flexibility index (Phi) is 2.33. The van der Waals surface area contributed by atoms with Gasteiger partial charge in [-0.2, -0.15) is 5.10 Å². The third-order valence-corrected chi connectivity index (χ3v) is 2.61. The van der Waals surface area contributed by atoms with Crippen LogP contribution in [0.15, 0.2) is 6.20 Å². The van der Waals surface area contributed by atoms with E-state index in [9.17, 15) is 0 Å². The van der Waals surface area contributed by atoms with E-state index in [1.165, 1.54) is 18.5 Å². The van der Waals surface area contributed by atoms with Gasteiger partial charge >= 0.3 is 0 Å². The van der Waals surface area contributed by atoms with Gasteiger partial charge in [-0.3, -0.25) is 4.68 Å². The molecule has 1 aromatic heterocycles. The van der Waals surface area contributed by atoms with Crippen molar-refractivity contribution in [1.29, 1.82) is 0 Å². The monoisotopic (exact) mass is 181 g/mol. The van der Waals surface area contributed by atoms with Crippen molar-refractivity contribution in [2.24, 2.45) is 5.73 Å².